The standard InChI is InChI=1S/C17H21N3O3/c1-11-6-5-7-13(10-11)18-14(21)12(2)20-15(22)17(19-16(20)23)8-3-4-9-17/h5-7,10,12H,3-4,8-9H2,1-2H3,(H,18,21)(H,19,23). The molecule has 23 heavy (non-hydrogen) atoms. The van der Waals surface area contributed by atoms with Crippen LogP contribution in [0.3, 0.4) is 0 Å². The monoisotopic (exact) mass is 315 g/mol. The van der Waals surface area contributed by atoms with Crippen molar-refractivity contribution in [1.29, 1.82) is 0 Å². The van der Waals surface area contributed by atoms with Gasteiger partial charge in [-0.2, -0.15) is 0 Å². The second kappa shape index (κ2) is 5.68. The number of nitrogens with zero attached hydrogens (tertiary/aromatic N) is 1. The molecule has 122 valence electrons. The average Bonchev–Trinajstić information content (AvgIpc) is 3.05. The molecule has 6 heteroatoms. The molecule has 4 amide bonds. The topological polar surface area (TPSA) is 78.5 Å². The molecule has 1 aromatic carbocycles. The summed E-state index contributed by atoms with van der Waals surface area (Å²) in [7, 11) is 0. The molecule has 0 bridgehead atoms. The molecule has 1 saturated carbocycles. The molecular weight excluding hydrogens is 294 g/mol. The lowest BCUT2D eigenvalue weighted by atomic mass is 9.97. The largest absolute Gasteiger partial charge is 0.325 e. The quantitative estimate of drug-likeness (QED) is 0.839. The third kappa shape index (κ3) is 2.69. The number of amides is 4. The summed E-state index contributed by atoms with van der Waals surface area (Å²) in [6.07, 6.45) is 3.15. The minimum atomic E-state index is -0.844. The number of rotatable bonds is 3. The third-order valence-electron chi connectivity index (χ3n) is 4.70. The minimum absolute atomic E-state index is 0.271. The molecule has 2 N–H and O–H groups in total. The molecule has 1 heterocycles. The van der Waals surface area contributed by atoms with Crippen molar-refractivity contribution in [1.82, 2.24) is 10.2 Å². The fourth-order valence-corrected chi connectivity index (χ4v) is 3.40. The van der Waals surface area contributed by atoms with Crippen molar-refractivity contribution in [3.63, 3.8) is 0 Å². The number of aryl methyl sites for hydroxylation is 1. The van der Waals surface area contributed by atoms with Gasteiger partial charge in [-0.15, -0.1) is 0 Å². The molecule has 0 aromatic heterocycles. The van der Waals surface area contributed by atoms with Crippen LogP contribution < -0.4 is 10.6 Å². The van der Waals surface area contributed by atoms with Crippen LogP contribution in [0.2, 0.25) is 0 Å². The zero-order valence-electron chi connectivity index (χ0n) is 13.4. The van der Waals surface area contributed by atoms with Crippen LogP contribution in [0.4, 0.5) is 10.5 Å². The Balaban J connectivity index is 1.74. The molecule has 6 nitrogen and oxygen atoms in total. The number of urea groups is 1. The molecule has 3 rings (SSSR count). The van der Waals surface area contributed by atoms with Crippen LogP contribution in [0.5, 0.6) is 0 Å². The van der Waals surface area contributed by atoms with Gasteiger partial charge in [0, 0.05) is 5.69 Å². The number of imide groups is 1. The maximum absolute atomic E-state index is 12.7. The van der Waals surface area contributed by atoms with E-state index in [-0.39, 0.29) is 11.8 Å². The Morgan fingerprint density at radius 1 is 1.30 bits per heavy atom. The molecule has 2 aliphatic rings. The van der Waals surface area contributed by atoms with Gasteiger partial charge in [0.05, 0.1) is 0 Å². The average molecular weight is 315 g/mol. The number of nitrogens with one attached hydrogen (secondary N) is 2. The molecule has 0 radical (unpaired) electrons. The van der Waals surface area contributed by atoms with Gasteiger partial charge in [-0.3, -0.25) is 9.59 Å². The Hall–Kier alpha value is -2.37. The number of carbonyl (C=O) groups excluding carboxylic acids is 3. The highest BCUT2D eigenvalue weighted by atomic mass is 16.2. The maximum atomic E-state index is 12.7. The minimum Gasteiger partial charge on any atom is -0.324 e. The van der Waals surface area contributed by atoms with E-state index in [2.05, 4.69) is 10.6 Å². The van der Waals surface area contributed by atoms with E-state index in [9.17, 15) is 14.4 Å². The van der Waals surface area contributed by atoms with Crippen LogP contribution in [0.15, 0.2) is 24.3 Å². The first-order valence-corrected chi connectivity index (χ1v) is 7.96. The second-order valence-corrected chi connectivity index (χ2v) is 6.43. The van der Waals surface area contributed by atoms with Gasteiger partial charge < -0.3 is 10.6 Å². The number of hydrogen-bond donors (Lipinski definition) is 2. The maximum Gasteiger partial charge on any atom is 0.325 e. The smallest absolute Gasteiger partial charge is 0.324 e. The normalized spacial score (nSPS) is 20.7. The predicted octanol–water partition coefficient (Wildman–Crippen LogP) is 2.19. The first-order chi connectivity index (χ1) is 10.9. The van der Waals surface area contributed by atoms with Crippen LogP contribution in [-0.4, -0.2) is 34.3 Å². The zero-order valence-corrected chi connectivity index (χ0v) is 13.4. The summed E-state index contributed by atoms with van der Waals surface area (Å²) in [5.74, 6) is -0.638. The van der Waals surface area contributed by atoms with E-state index < -0.39 is 17.6 Å². The highest BCUT2D eigenvalue weighted by Crippen LogP contribution is 2.35. The lowest BCUT2D eigenvalue weighted by Gasteiger charge is -2.23. The molecule has 1 atom stereocenters. The van der Waals surface area contributed by atoms with Gasteiger partial charge in [-0.05, 0) is 44.4 Å². The summed E-state index contributed by atoms with van der Waals surface area (Å²) in [5.41, 5.74) is 0.898. The predicted molar refractivity (Wildman–Crippen MR) is 85.8 cm³/mol. The SMILES string of the molecule is Cc1cccc(NC(=O)C(C)N2C(=O)NC3(CCCC3)C2=O)c1. The van der Waals surface area contributed by atoms with Crippen LogP contribution in [0.25, 0.3) is 0 Å². The highest BCUT2D eigenvalue weighted by Gasteiger charge is 2.54. The highest BCUT2D eigenvalue weighted by molar-refractivity contribution is 6.11. The second-order valence-electron chi connectivity index (χ2n) is 6.43. The molecule has 1 saturated heterocycles. The van der Waals surface area contributed by atoms with E-state index in [1.165, 1.54) is 0 Å². The molecule has 2 fully saturated rings. The third-order valence-corrected chi connectivity index (χ3v) is 4.70. The van der Waals surface area contributed by atoms with Gasteiger partial charge in [0.25, 0.3) is 5.91 Å². The van der Waals surface area contributed by atoms with Gasteiger partial charge in [-0.1, -0.05) is 25.0 Å². The summed E-state index contributed by atoms with van der Waals surface area (Å²) >= 11 is 0. The van der Waals surface area contributed by atoms with E-state index in [1.54, 1.807) is 13.0 Å². The molecular formula is C17H21N3O3. The summed E-state index contributed by atoms with van der Waals surface area (Å²) in [4.78, 5) is 38.4. The Morgan fingerprint density at radius 2 is 2.00 bits per heavy atom. The zero-order chi connectivity index (χ0) is 16.6. The Kier molecular flexibility index (Phi) is 3.83. The van der Waals surface area contributed by atoms with Crippen molar-refractivity contribution in [2.24, 2.45) is 0 Å². The van der Waals surface area contributed by atoms with Gasteiger partial charge >= 0.3 is 6.03 Å². The lowest BCUT2D eigenvalue weighted by Crippen LogP contribution is -2.48. The number of benzene rings is 1. The van der Waals surface area contributed by atoms with Gasteiger partial charge in [0.2, 0.25) is 5.91 Å². The Morgan fingerprint density at radius 3 is 2.65 bits per heavy atom. The van der Waals surface area contributed by atoms with Crippen LogP contribution >= 0.6 is 0 Å². The van der Waals surface area contributed by atoms with Crippen molar-refractivity contribution < 1.29 is 14.4 Å². The number of carbonyl (C=O) groups is 3. The van der Waals surface area contributed by atoms with E-state index in [0.717, 1.165) is 23.3 Å². The number of anilines is 1. The molecule has 1 spiro atoms. The summed E-state index contributed by atoms with van der Waals surface area (Å²) < 4.78 is 0. The molecule has 1 unspecified atom stereocenters. The Bertz CT molecular complexity index is 665. The first-order valence-electron chi connectivity index (χ1n) is 7.96. The van der Waals surface area contributed by atoms with Gasteiger partial charge in [0.15, 0.2) is 0 Å². The van der Waals surface area contributed by atoms with Gasteiger partial charge in [0.1, 0.15) is 11.6 Å². The van der Waals surface area contributed by atoms with Crippen molar-refractivity contribution >= 4 is 23.5 Å². The fourth-order valence-electron chi connectivity index (χ4n) is 3.40. The van der Waals surface area contributed by atoms with E-state index in [1.807, 2.05) is 25.1 Å². The van der Waals surface area contributed by atoms with Crippen molar-refractivity contribution in [3.8, 4) is 0 Å². The lowest BCUT2D eigenvalue weighted by molar-refractivity contribution is -0.136. The summed E-state index contributed by atoms with van der Waals surface area (Å²) in [6.45, 7) is 3.51. The van der Waals surface area contributed by atoms with Crippen molar-refractivity contribution in [3.05, 3.63) is 29.8 Å². The van der Waals surface area contributed by atoms with Crippen LogP contribution in [0, 0.1) is 6.92 Å². The summed E-state index contributed by atoms with van der Waals surface area (Å²) in [5, 5.41) is 5.56. The fraction of sp³-hybridized carbons (Fsp3) is 0.471. The first kappa shape index (κ1) is 15.5. The molecule has 1 aliphatic carbocycles. The summed E-state index contributed by atoms with van der Waals surface area (Å²) in [6, 6.07) is 6.08. The molecule has 1 aliphatic heterocycles. The molecule has 1 aromatic rings. The van der Waals surface area contributed by atoms with E-state index in [4.69, 9.17) is 0 Å². The Labute approximate surface area is 135 Å². The van der Waals surface area contributed by atoms with Crippen molar-refractivity contribution in [2.45, 2.75) is 51.1 Å². The number of hydrogen-bond acceptors (Lipinski definition) is 3. The van der Waals surface area contributed by atoms with Crippen LogP contribution in [-0.2, 0) is 9.59 Å². The van der Waals surface area contributed by atoms with E-state index >= 15 is 0 Å². The van der Waals surface area contributed by atoms with Gasteiger partial charge in [-0.25, -0.2) is 9.69 Å². The van der Waals surface area contributed by atoms with E-state index in [0.29, 0.717) is 18.5 Å². The van der Waals surface area contributed by atoms with Crippen molar-refractivity contribution in [2.75, 3.05) is 5.32 Å². The van der Waals surface area contributed by atoms with Crippen LogP contribution in [0.1, 0.15) is 38.2 Å².